The maximum atomic E-state index is 5.80. The molecule has 0 heterocycles. The molecule has 0 saturated heterocycles. The highest BCUT2D eigenvalue weighted by molar-refractivity contribution is 5.77. The van der Waals surface area contributed by atoms with E-state index in [1.54, 1.807) is 12.1 Å². The van der Waals surface area contributed by atoms with Gasteiger partial charge in [-0.2, -0.15) is 0 Å². The van der Waals surface area contributed by atoms with Crippen LogP contribution in [0.4, 0.5) is 11.4 Å². The van der Waals surface area contributed by atoms with E-state index < -0.39 is 0 Å². The first-order chi connectivity index (χ1) is 6.19. The smallest absolute Gasteiger partial charge is 0.0414 e. The summed E-state index contributed by atoms with van der Waals surface area (Å²) < 4.78 is 0. The van der Waals surface area contributed by atoms with E-state index >= 15 is 0 Å². The zero-order chi connectivity index (χ0) is 9.84. The molecule has 1 aromatic rings. The Bertz CT molecular complexity index is 351. The molecule has 0 amide bonds. The van der Waals surface area contributed by atoms with E-state index in [0.29, 0.717) is 11.4 Å². The highest BCUT2D eigenvalue weighted by Gasteiger charge is 2.01. The monoisotopic (exact) mass is 174 g/mol. The molecule has 1 rings (SSSR count). The van der Waals surface area contributed by atoms with Gasteiger partial charge >= 0.3 is 0 Å². The Morgan fingerprint density at radius 3 is 2.54 bits per heavy atom. The van der Waals surface area contributed by atoms with Crippen molar-refractivity contribution in [1.82, 2.24) is 0 Å². The van der Waals surface area contributed by atoms with Crippen LogP contribution in [0.5, 0.6) is 0 Å². The molecule has 0 aliphatic heterocycles. The highest BCUT2D eigenvalue weighted by Crippen LogP contribution is 2.23. The van der Waals surface area contributed by atoms with Crippen LogP contribution in [0.15, 0.2) is 24.8 Å². The summed E-state index contributed by atoms with van der Waals surface area (Å²) in [6.45, 7) is 5.66. The van der Waals surface area contributed by atoms with Gasteiger partial charge in [0.15, 0.2) is 0 Å². The van der Waals surface area contributed by atoms with Crippen molar-refractivity contribution in [3.05, 3.63) is 35.9 Å². The maximum absolute atomic E-state index is 5.80. The quantitative estimate of drug-likeness (QED) is 0.677. The van der Waals surface area contributed by atoms with Crippen LogP contribution in [0.3, 0.4) is 0 Å². The molecule has 0 aromatic heterocycles. The van der Waals surface area contributed by atoms with Gasteiger partial charge in [-0.15, -0.1) is 0 Å². The average molecular weight is 174 g/mol. The fraction of sp³-hybridized carbons (Fsp3) is 0.0909. The summed E-state index contributed by atoms with van der Waals surface area (Å²) in [5, 5.41) is 0. The Labute approximate surface area is 78.6 Å². The van der Waals surface area contributed by atoms with Crippen LogP contribution >= 0.6 is 0 Å². The predicted octanol–water partition coefficient (Wildman–Crippen LogP) is 2.53. The molecule has 0 radical (unpaired) electrons. The van der Waals surface area contributed by atoms with E-state index in [2.05, 4.69) is 6.58 Å². The van der Waals surface area contributed by atoms with Crippen LogP contribution in [0.25, 0.3) is 12.2 Å². The molecule has 0 unspecified atom stereocenters. The third-order valence-electron chi connectivity index (χ3n) is 1.82. The fourth-order valence-corrected chi connectivity index (χ4v) is 1.25. The van der Waals surface area contributed by atoms with E-state index in [1.807, 2.05) is 25.1 Å². The van der Waals surface area contributed by atoms with Crippen LogP contribution < -0.4 is 11.5 Å². The van der Waals surface area contributed by atoms with Crippen molar-refractivity contribution in [2.24, 2.45) is 0 Å². The SMILES string of the molecule is C=Cc1cc(N)cc(N)c1/C=C\C. The molecule has 2 nitrogen and oxygen atoms in total. The summed E-state index contributed by atoms with van der Waals surface area (Å²) in [4.78, 5) is 0. The number of hydrogen-bond donors (Lipinski definition) is 2. The Morgan fingerprint density at radius 2 is 2.00 bits per heavy atom. The first kappa shape index (κ1) is 9.39. The van der Waals surface area contributed by atoms with E-state index in [0.717, 1.165) is 11.1 Å². The van der Waals surface area contributed by atoms with Crippen LogP contribution in [0.1, 0.15) is 18.1 Å². The summed E-state index contributed by atoms with van der Waals surface area (Å²) >= 11 is 0. The third-order valence-corrected chi connectivity index (χ3v) is 1.82. The number of allylic oxidation sites excluding steroid dienone is 1. The minimum Gasteiger partial charge on any atom is -0.399 e. The van der Waals surface area contributed by atoms with E-state index in [4.69, 9.17) is 11.5 Å². The minimum atomic E-state index is 0.667. The molecule has 2 heteroatoms. The van der Waals surface area contributed by atoms with Gasteiger partial charge in [0.1, 0.15) is 0 Å². The van der Waals surface area contributed by atoms with E-state index in [1.165, 1.54) is 0 Å². The van der Waals surface area contributed by atoms with Crippen molar-refractivity contribution in [3.8, 4) is 0 Å². The molecule has 4 N–H and O–H groups in total. The molecule has 1 aromatic carbocycles. The normalized spacial score (nSPS) is 10.5. The standard InChI is InChI=1S/C11H14N2/c1-3-5-10-8(4-2)6-9(12)7-11(10)13/h3-7H,2,12-13H2,1H3/b5-3-. The maximum Gasteiger partial charge on any atom is 0.0414 e. The lowest BCUT2D eigenvalue weighted by Crippen LogP contribution is -1.95. The minimum absolute atomic E-state index is 0.667. The van der Waals surface area contributed by atoms with E-state index in [-0.39, 0.29) is 0 Å². The summed E-state index contributed by atoms with van der Waals surface area (Å²) in [5.41, 5.74) is 14.8. The van der Waals surface area contributed by atoms with Gasteiger partial charge in [0, 0.05) is 16.9 Å². The molecule has 0 fully saturated rings. The van der Waals surface area contributed by atoms with E-state index in [9.17, 15) is 0 Å². The van der Waals surface area contributed by atoms with Gasteiger partial charge in [0.05, 0.1) is 0 Å². The molecule has 0 aliphatic carbocycles. The van der Waals surface area contributed by atoms with Crippen LogP contribution in [0, 0.1) is 0 Å². The first-order valence-corrected chi connectivity index (χ1v) is 4.13. The topological polar surface area (TPSA) is 52.0 Å². The molecule has 0 bridgehead atoms. The molecular formula is C11H14N2. The number of rotatable bonds is 2. The van der Waals surface area contributed by atoms with Crippen molar-refractivity contribution in [2.45, 2.75) is 6.92 Å². The van der Waals surface area contributed by atoms with Gasteiger partial charge in [-0.1, -0.05) is 24.8 Å². The number of hydrogen-bond acceptors (Lipinski definition) is 2. The average Bonchev–Trinajstić information content (AvgIpc) is 2.09. The van der Waals surface area contributed by atoms with Gasteiger partial charge in [-0.25, -0.2) is 0 Å². The number of nitrogen functional groups attached to an aromatic ring is 2. The number of anilines is 2. The van der Waals surface area contributed by atoms with Gasteiger partial charge in [-0.3, -0.25) is 0 Å². The lowest BCUT2D eigenvalue weighted by Gasteiger charge is -2.06. The van der Waals surface area contributed by atoms with Crippen molar-refractivity contribution < 1.29 is 0 Å². The third kappa shape index (κ3) is 1.90. The molecule has 0 spiro atoms. The summed E-state index contributed by atoms with van der Waals surface area (Å²) in [6.07, 6.45) is 5.64. The first-order valence-electron chi connectivity index (χ1n) is 4.13. The molecule has 13 heavy (non-hydrogen) atoms. The fourth-order valence-electron chi connectivity index (χ4n) is 1.25. The Kier molecular flexibility index (Phi) is 2.75. The second kappa shape index (κ2) is 3.81. The second-order valence-electron chi connectivity index (χ2n) is 2.82. The van der Waals surface area contributed by atoms with Crippen molar-refractivity contribution in [3.63, 3.8) is 0 Å². The summed E-state index contributed by atoms with van der Waals surface area (Å²) in [5.74, 6) is 0. The lowest BCUT2D eigenvalue weighted by atomic mass is 10.0. The Morgan fingerprint density at radius 1 is 1.31 bits per heavy atom. The molecule has 0 saturated carbocycles. The van der Waals surface area contributed by atoms with Gasteiger partial charge in [0.2, 0.25) is 0 Å². The van der Waals surface area contributed by atoms with Crippen molar-refractivity contribution >= 4 is 23.5 Å². The van der Waals surface area contributed by atoms with Crippen LogP contribution in [0.2, 0.25) is 0 Å². The van der Waals surface area contributed by atoms with Gasteiger partial charge in [-0.05, 0) is 24.6 Å². The van der Waals surface area contributed by atoms with Crippen LogP contribution in [-0.4, -0.2) is 0 Å². The highest BCUT2D eigenvalue weighted by atomic mass is 14.6. The summed E-state index contributed by atoms with van der Waals surface area (Å²) in [6, 6.07) is 3.61. The number of nitrogens with two attached hydrogens (primary N) is 2. The zero-order valence-electron chi connectivity index (χ0n) is 7.75. The van der Waals surface area contributed by atoms with Crippen molar-refractivity contribution in [1.29, 1.82) is 0 Å². The molecule has 0 aliphatic rings. The Balaban J connectivity index is 3.37. The van der Waals surface area contributed by atoms with Crippen molar-refractivity contribution in [2.75, 3.05) is 11.5 Å². The van der Waals surface area contributed by atoms with Crippen LogP contribution in [-0.2, 0) is 0 Å². The summed E-state index contributed by atoms with van der Waals surface area (Å²) in [7, 11) is 0. The van der Waals surface area contributed by atoms with Gasteiger partial charge < -0.3 is 11.5 Å². The predicted molar refractivity (Wildman–Crippen MR) is 60.1 cm³/mol. The molecular weight excluding hydrogens is 160 g/mol. The number of benzene rings is 1. The zero-order valence-corrected chi connectivity index (χ0v) is 7.75. The Hall–Kier alpha value is -1.70. The molecule has 0 atom stereocenters. The largest absolute Gasteiger partial charge is 0.399 e. The molecule has 68 valence electrons. The second-order valence-corrected chi connectivity index (χ2v) is 2.82. The van der Waals surface area contributed by atoms with Gasteiger partial charge in [0.25, 0.3) is 0 Å². The lowest BCUT2D eigenvalue weighted by molar-refractivity contribution is 1.58.